The fourth-order valence-electron chi connectivity index (χ4n) is 2.56. The van der Waals surface area contributed by atoms with Crippen molar-refractivity contribution in [2.45, 2.75) is 25.5 Å². The standard InChI is InChI=1S/C19H22N2O2.ClH/c20-12-18(15-10-11-15)21-19(22)16-8-6-14(7-9-16)13-23-17-4-2-1-3-5-17;/h1-9,15,18H,10-13,20H2,(H,21,22);1H. The van der Waals surface area contributed by atoms with E-state index in [4.69, 9.17) is 10.5 Å². The molecule has 1 aliphatic rings. The third kappa shape index (κ3) is 4.98. The summed E-state index contributed by atoms with van der Waals surface area (Å²) in [6, 6.07) is 17.3. The topological polar surface area (TPSA) is 64.3 Å². The highest BCUT2D eigenvalue weighted by Crippen LogP contribution is 2.32. The van der Waals surface area contributed by atoms with Crippen molar-refractivity contribution in [1.29, 1.82) is 0 Å². The quantitative estimate of drug-likeness (QED) is 0.809. The molecule has 128 valence electrons. The highest BCUT2D eigenvalue weighted by atomic mass is 35.5. The number of para-hydroxylation sites is 1. The van der Waals surface area contributed by atoms with Gasteiger partial charge in [-0.05, 0) is 48.6 Å². The minimum absolute atomic E-state index is 0. The van der Waals surface area contributed by atoms with E-state index in [-0.39, 0.29) is 24.4 Å². The van der Waals surface area contributed by atoms with E-state index in [1.165, 1.54) is 0 Å². The fraction of sp³-hybridized carbons (Fsp3) is 0.316. The molecule has 1 saturated carbocycles. The van der Waals surface area contributed by atoms with Crippen molar-refractivity contribution in [3.63, 3.8) is 0 Å². The van der Waals surface area contributed by atoms with Gasteiger partial charge < -0.3 is 15.8 Å². The Balaban J connectivity index is 0.00000208. The lowest BCUT2D eigenvalue weighted by molar-refractivity contribution is 0.0933. The fourth-order valence-corrected chi connectivity index (χ4v) is 2.56. The summed E-state index contributed by atoms with van der Waals surface area (Å²) in [7, 11) is 0. The van der Waals surface area contributed by atoms with E-state index in [0.29, 0.717) is 24.6 Å². The molecule has 3 rings (SSSR count). The number of hydrogen-bond acceptors (Lipinski definition) is 3. The van der Waals surface area contributed by atoms with Crippen LogP contribution in [0.3, 0.4) is 0 Å². The summed E-state index contributed by atoms with van der Waals surface area (Å²) in [6.45, 7) is 0.985. The van der Waals surface area contributed by atoms with Gasteiger partial charge in [0, 0.05) is 18.2 Å². The van der Waals surface area contributed by atoms with Gasteiger partial charge in [0.2, 0.25) is 0 Å². The molecular formula is C19H23ClN2O2. The summed E-state index contributed by atoms with van der Waals surface area (Å²) in [5, 5.41) is 3.03. The van der Waals surface area contributed by atoms with Gasteiger partial charge in [-0.25, -0.2) is 0 Å². The van der Waals surface area contributed by atoms with E-state index in [1.54, 1.807) is 0 Å². The molecule has 4 nitrogen and oxygen atoms in total. The average Bonchev–Trinajstić information content (AvgIpc) is 3.44. The summed E-state index contributed by atoms with van der Waals surface area (Å²) in [5.74, 6) is 1.34. The number of nitrogens with one attached hydrogen (secondary N) is 1. The van der Waals surface area contributed by atoms with Gasteiger partial charge in [0.25, 0.3) is 5.91 Å². The van der Waals surface area contributed by atoms with Gasteiger partial charge in [-0.15, -0.1) is 12.4 Å². The van der Waals surface area contributed by atoms with Crippen molar-refractivity contribution in [3.05, 3.63) is 65.7 Å². The van der Waals surface area contributed by atoms with Crippen LogP contribution >= 0.6 is 12.4 Å². The summed E-state index contributed by atoms with van der Waals surface area (Å²) >= 11 is 0. The van der Waals surface area contributed by atoms with Crippen LogP contribution in [0.2, 0.25) is 0 Å². The first-order valence-electron chi connectivity index (χ1n) is 8.04. The molecule has 0 spiro atoms. The zero-order valence-corrected chi connectivity index (χ0v) is 14.3. The van der Waals surface area contributed by atoms with Gasteiger partial charge in [0.1, 0.15) is 12.4 Å². The molecule has 0 bridgehead atoms. The second kappa shape index (κ2) is 8.71. The first-order chi connectivity index (χ1) is 11.3. The Bertz CT molecular complexity index is 642. The minimum atomic E-state index is -0.0529. The van der Waals surface area contributed by atoms with E-state index >= 15 is 0 Å². The molecule has 0 aliphatic heterocycles. The van der Waals surface area contributed by atoms with Crippen LogP contribution in [0, 0.1) is 5.92 Å². The van der Waals surface area contributed by atoms with Gasteiger partial charge in [-0.2, -0.15) is 0 Å². The third-order valence-electron chi connectivity index (χ3n) is 4.13. The number of carbonyl (C=O) groups is 1. The molecule has 5 heteroatoms. The molecule has 1 aliphatic carbocycles. The molecule has 24 heavy (non-hydrogen) atoms. The molecule has 0 heterocycles. The predicted molar refractivity (Wildman–Crippen MR) is 97.5 cm³/mol. The highest BCUT2D eigenvalue weighted by molar-refractivity contribution is 5.94. The molecule has 1 amide bonds. The van der Waals surface area contributed by atoms with Crippen LogP contribution in [-0.4, -0.2) is 18.5 Å². The lowest BCUT2D eigenvalue weighted by Crippen LogP contribution is -2.41. The zero-order valence-electron chi connectivity index (χ0n) is 13.5. The highest BCUT2D eigenvalue weighted by Gasteiger charge is 2.31. The Labute approximate surface area is 148 Å². The van der Waals surface area contributed by atoms with Crippen molar-refractivity contribution >= 4 is 18.3 Å². The maximum absolute atomic E-state index is 12.2. The van der Waals surface area contributed by atoms with Gasteiger partial charge in [0.05, 0.1) is 0 Å². The van der Waals surface area contributed by atoms with Crippen LogP contribution < -0.4 is 15.8 Å². The van der Waals surface area contributed by atoms with Crippen LogP contribution in [0.1, 0.15) is 28.8 Å². The minimum Gasteiger partial charge on any atom is -0.489 e. The molecule has 3 N–H and O–H groups in total. The maximum Gasteiger partial charge on any atom is 0.251 e. The summed E-state index contributed by atoms with van der Waals surface area (Å²) < 4.78 is 5.70. The average molecular weight is 347 g/mol. The first kappa shape index (κ1) is 18.3. The number of hydrogen-bond donors (Lipinski definition) is 2. The van der Waals surface area contributed by atoms with Crippen LogP contribution in [0.5, 0.6) is 5.75 Å². The van der Waals surface area contributed by atoms with Gasteiger partial charge in [-0.3, -0.25) is 4.79 Å². The van der Waals surface area contributed by atoms with Gasteiger partial charge in [0.15, 0.2) is 0 Å². The lowest BCUT2D eigenvalue weighted by atomic mass is 10.1. The van der Waals surface area contributed by atoms with Crippen molar-refractivity contribution in [2.24, 2.45) is 11.7 Å². The normalized spacial score (nSPS) is 14.4. The summed E-state index contributed by atoms with van der Waals surface area (Å²) in [4.78, 5) is 12.2. The Morgan fingerprint density at radius 3 is 2.38 bits per heavy atom. The molecule has 2 aromatic carbocycles. The Kier molecular flexibility index (Phi) is 6.64. The number of carbonyl (C=O) groups excluding carboxylic acids is 1. The smallest absolute Gasteiger partial charge is 0.251 e. The molecule has 0 saturated heterocycles. The first-order valence-corrected chi connectivity index (χ1v) is 8.04. The van der Waals surface area contributed by atoms with E-state index < -0.39 is 0 Å². The van der Waals surface area contributed by atoms with E-state index in [1.807, 2.05) is 54.6 Å². The van der Waals surface area contributed by atoms with E-state index in [0.717, 1.165) is 24.2 Å². The monoisotopic (exact) mass is 346 g/mol. The SMILES string of the molecule is Cl.NCC(NC(=O)c1ccc(COc2ccccc2)cc1)C1CC1. The molecule has 0 radical (unpaired) electrons. The molecule has 1 unspecified atom stereocenters. The molecule has 1 atom stereocenters. The molecule has 2 aromatic rings. The van der Waals surface area contributed by atoms with Crippen LogP contribution in [0.15, 0.2) is 54.6 Å². The number of benzene rings is 2. The second-order valence-corrected chi connectivity index (χ2v) is 5.95. The van der Waals surface area contributed by atoms with Gasteiger partial charge >= 0.3 is 0 Å². The molecule has 0 aromatic heterocycles. The molecule has 1 fully saturated rings. The van der Waals surface area contributed by atoms with Crippen molar-refractivity contribution in [2.75, 3.05) is 6.54 Å². The number of ether oxygens (including phenoxy) is 1. The Morgan fingerprint density at radius 1 is 1.12 bits per heavy atom. The summed E-state index contributed by atoms with van der Waals surface area (Å²) in [6.07, 6.45) is 2.33. The second-order valence-electron chi connectivity index (χ2n) is 5.95. The van der Waals surface area contributed by atoms with Gasteiger partial charge in [-0.1, -0.05) is 30.3 Å². The van der Waals surface area contributed by atoms with E-state index in [9.17, 15) is 4.79 Å². The zero-order chi connectivity index (χ0) is 16.1. The largest absolute Gasteiger partial charge is 0.489 e. The number of rotatable bonds is 7. The Morgan fingerprint density at radius 2 is 1.79 bits per heavy atom. The third-order valence-corrected chi connectivity index (χ3v) is 4.13. The van der Waals surface area contributed by atoms with Crippen LogP contribution in [0.4, 0.5) is 0 Å². The van der Waals surface area contributed by atoms with Crippen molar-refractivity contribution < 1.29 is 9.53 Å². The number of nitrogens with two attached hydrogens (primary N) is 1. The lowest BCUT2D eigenvalue weighted by Gasteiger charge is -2.16. The maximum atomic E-state index is 12.2. The van der Waals surface area contributed by atoms with Crippen molar-refractivity contribution in [1.82, 2.24) is 5.32 Å². The van der Waals surface area contributed by atoms with Crippen molar-refractivity contribution in [3.8, 4) is 5.75 Å². The predicted octanol–water partition coefficient (Wildman–Crippen LogP) is 3.15. The van der Waals surface area contributed by atoms with Crippen LogP contribution in [0.25, 0.3) is 0 Å². The Hall–Kier alpha value is -2.04. The molecular weight excluding hydrogens is 324 g/mol. The number of halogens is 1. The van der Waals surface area contributed by atoms with Crippen LogP contribution in [-0.2, 0) is 6.61 Å². The summed E-state index contributed by atoms with van der Waals surface area (Å²) in [5.41, 5.74) is 7.42. The van der Waals surface area contributed by atoms with E-state index in [2.05, 4.69) is 5.32 Å². The number of amides is 1.